The Balaban J connectivity index is 1.70. The Hall–Kier alpha value is -2.75. The van der Waals surface area contributed by atoms with Crippen LogP contribution in [0.5, 0.6) is 0 Å². The highest BCUT2D eigenvalue weighted by Crippen LogP contribution is 2.21. The maximum absolute atomic E-state index is 12.8. The third kappa shape index (κ3) is 3.54. The van der Waals surface area contributed by atoms with Gasteiger partial charge in [0, 0.05) is 24.2 Å². The van der Waals surface area contributed by atoms with Gasteiger partial charge < -0.3 is 4.90 Å². The second-order valence-corrected chi connectivity index (χ2v) is 5.44. The molecule has 3 rings (SSSR count). The molecule has 3 nitrogen and oxygen atoms in total. The number of halogens is 1. The fourth-order valence-electron chi connectivity index (χ4n) is 2.57. The van der Waals surface area contributed by atoms with E-state index in [-0.39, 0.29) is 17.5 Å². The molecule has 1 aliphatic rings. The molecule has 0 saturated carbocycles. The van der Waals surface area contributed by atoms with Crippen molar-refractivity contribution in [1.82, 2.24) is 0 Å². The molecule has 0 N–H and O–H groups in total. The first-order chi connectivity index (χ1) is 11.1. The van der Waals surface area contributed by atoms with Gasteiger partial charge in [-0.25, -0.2) is 4.39 Å². The van der Waals surface area contributed by atoms with Crippen molar-refractivity contribution in [2.45, 2.75) is 12.8 Å². The molecule has 23 heavy (non-hydrogen) atoms. The fourth-order valence-corrected chi connectivity index (χ4v) is 2.57. The van der Waals surface area contributed by atoms with Crippen LogP contribution in [0.2, 0.25) is 0 Å². The number of allylic oxidation sites excluding steroid dienone is 1. The summed E-state index contributed by atoms with van der Waals surface area (Å²) in [6.45, 7) is 0.733. The van der Waals surface area contributed by atoms with E-state index in [1.54, 1.807) is 47.4 Å². The van der Waals surface area contributed by atoms with Gasteiger partial charge in [0.25, 0.3) is 0 Å². The van der Waals surface area contributed by atoms with Crippen molar-refractivity contribution < 1.29 is 14.0 Å². The van der Waals surface area contributed by atoms with E-state index < -0.39 is 0 Å². The average molecular weight is 309 g/mol. The number of hydrogen-bond acceptors (Lipinski definition) is 2. The lowest BCUT2D eigenvalue weighted by Gasteiger charge is -2.15. The van der Waals surface area contributed by atoms with E-state index in [0.29, 0.717) is 12.0 Å². The molecule has 0 spiro atoms. The molecule has 0 bridgehead atoms. The molecule has 0 atom stereocenters. The lowest BCUT2D eigenvalue weighted by molar-refractivity contribution is -0.117. The van der Waals surface area contributed by atoms with Crippen LogP contribution in [-0.2, 0) is 4.79 Å². The zero-order valence-corrected chi connectivity index (χ0v) is 12.5. The molecule has 1 amide bonds. The van der Waals surface area contributed by atoms with Crippen LogP contribution in [0.3, 0.4) is 0 Å². The molecule has 0 unspecified atom stereocenters. The predicted molar refractivity (Wildman–Crippen MR) is 87.8 cm³/mol. The molecule has 1 fully saturated rings. The summed E-state index contributed by atoms with van der Waals surface area (Å²) in [5, 5.41) is 0. The average Bonchev–Trinajstić information content (AvgIpc) is 3.00. The number of rotatable bonds is 4. The Morgan fingerprint density at radius 1 is 1.04 bits per heavy atom. The first kappa shape index (κ1) is 15.2. The van der Waals surface area contributed by atoms with Gasteiger partial charge in [0.1, 0.15) is 5.82 Å². The van der Waals surface area contributed by atoms with Crippen molar-refractivity contribution in [2.24, 2.45) is 0 Å². The molecule has 116 valence electrons. The topological polar surface area (TPSA) is 37.4 Å². The van der Waals surface area contributed by atoms with Crippen LogP contribution in [0.15, 0.2) is 54.6 Å². The minimum absolute atomic E-state index is 0.125. The number of benzene rings is 2. The van der Waals surface area contributed by atoms with E-state index in [2.05, 4.69) is 0 Å². The Labute approximate surface area is 134 Å². The molecular weight excluding hydrogens is 293 g/mol. The van der Waals surface area contributed by atoms with Crippen molar-refractivity contribution >= 4 is 23.5 Å². The van der Waals surface area contributed by atoms with Crippen molar-refractivity contribution in [3.8, 4) is 0 Å². The van der Waals surface area contributed by atoms with E-state index in [0.717, 1.165) is 24.2 Å². The molecule has 0 aliphatic carbocycles. The van der Waals surface area contributed by atoms with Crippen molar-refractivity contribution in [3.05, 3.63) is 71.6 Å². The molecule has 2 aromatic rings. The molecule has 2 aromatic carbocycles. The van der Waals surface area contributed by atoms with Gasteiger partial charge in [0.05, 0.1) is 0 Å². The molecule has 0 radical (unpaired) electrons. The van der Waals surface area contributed by atoms with E-state index in [1.165, 1.54) is 18.2 Å². The number of nitrogens with zero attached hydrogens (tertiary/aromatic N) is 1. The summed E-state index contributed by atoms with van der Waals surface area (Å²) in [7, 11) is 0. The summed E-state index contributed by atoms with van der Waals surface area (Å²) < 4.78 is 12.8. The van der Waals surface area contributed by atoms with Gasteiger partial charge >= 0.3 is 0 Å². The maximum Gasteiger partial charge on any atom is 0.227 e. The monoisotopic (exact) mass is 309 g/mol. The zero-order valence-electron chi connectivity index (χ0n) is 12.5. The highest BCUT2D eigenvalue weighted by molar-refractivity contribution is 6.07. The van der Waals surface area contributed by atoms with Gasteiger partial charge in [-0.1, -0.05) is 18.2 Å². The van der Waals surface area contributed by atoms with Crippen LogP contribution in [0.1, 0.15) is 28.8 Å². The van der Waals surface area contributed by atoms with E-state index >= 15 is 0 Å². The lowest BCUT2D eigenvalue weighted by atomic mass is 10.1. The van der Waals surface area contributed by atoms with Crippen LogP contribution in [0, 0.1) is 5.82 Å². The number of carbonyl (C=O) groups is 2. The Kier molecular flexibility index (Phi) is 4.33. The third-order valence-electron chi connectivity index (χ3n) is 3.83. The number of carbonyl (C=O) groups excluding carboxylic acids is 2. The van der Waals surface area contributed by atoms with Gasteiger partial charge in [-0.3, -0.25) is 9.59 Å². The van der Waals surface area contributed by atoms with Gasteiger partial charge in [-0.05, 0) is 54.5 Å². The summed E-state index contributed by atoms with van der Waals surface area (Å²) in [6, 6.07) is 13.0. The fraction of sp³-hybridized carbons (Fsp3) is 0.158. The summed E-state index contributed by atoms with van der Waals surface area (Å²) >= 11 is 0. The zero-order chi connectivity index (χ0) is 16.2. The van der Waals surface area contributed by atoms with Crippen molar-refractivity contribution in [3.63, 3.8) is 0 Å². The summed E-state index contributed by atoms with van der Waals surface area (Å²) in [5.74, 6) is -0.311. The van der Waals surface area contributed by atoms with Crippen molar-refractivity contribution in [1.29, 1.82) is 0 Å². The third-order valence-corrected chi connectivity index (χ3v) is 3.83. The molecule has 0 aromatic heterocycles. The second kappa shape index (κ2) is 6.57. The normalized spacial score (nSPS) is 14.7. The Morgan fingerprint density at radius 2 is 1.74 bits per heavy atom. The van der Waals surface area contributed by atoms with Crippen LogP contribution in [0.4, 0.5) is 10.1 Å². The van der Waals surface area contributed by atoms with Gasteiger partial charge in [-0.15, -0.1) is 0 Å². The number of amides is 1. The highest BCUT2D eigenvalue weighted by Gasteiger charge is 2.21. The Bertz CT molecular complexity index is 748. The summed E-state index contributed by atoms with van der Waals surface area (Å²) in [4.78, 5) is 25.6. The van der Waals surface area contributed by atoms with Crippen molar-refractivity contribution in [2.75, 3.05) is 11.4 Å². The lowest BCUT2D eigenvalue weighted by Crippen LogP contribution is -2.23. The van der Waals surface area contributed by atoms with Crippen LogP contribution in [0.25, 0.3) is 6.08 Å². The number of ketones is 1. The Morgan fingerprint density at radius 3 is 2.35 bits per heavy atom. The predicted octanol–water partition coefficient (Wildman–Crippen LogP) is 3.85. The quantitative estimate of drug-likeness (QED) is 0.635. The largest absolute Gasteiger partial charge is 0.312 e. The molecular formula is C19H16FNO2. The number of anilines is 1. The van der Waals surface area contributed by atoms with Gasteiger partial charge in [0.2, 0.25) is 5.91 Å². The van der Waals surface area contributed by atoms with Gasteiger partial charge in [0.15, 0.2) is 5.78 Å². The first-order valence-electron chi connectivity index (χ1n) is 7.52. The molecule has 1 aliphatic heterocycles. The van der Waals surface area contributed by atoms with E-state index in [1.807, 2.05) is 0 Å². The highest BCUT2D eigenvalue weighted by atomic mass is 19.1. The smallest absolute Gasteiger partial charge is 0.227 e. The summed E-state index contributed by atoms with van der Waals surface area (Å²) in [5.41, 5.74) is 2.14. The first-order valence-corrected chi connectivity index (χ1v) is 7.52. The van der Waals surface area contributed by atoms with E-state index in [9.17, 15) is 14.0 Å². The van der Waals surface area contributed by atoms with Crippen LogP contribution < -0.4 is 4.90 Å². The van der Waals surface area contributed by atoms with Crippen LogP contribution >= 0.6 is 0 Å². The van der Waals surface area contributed by atoms with Gasteiger partial charge in [-0.2, -0.15) is 0 Å². The maximum atomic E-state index is 12.8. The molecule has 4 heteroatoms. The minimum atomic E-state index is -0.305. The summed E-state index contributed by atoms with van der Waals surface area (Å²) in [6.07, 6.45) is 4.57. The second-order valence-electron chi connectivity index (χ2n) is 5.44. The molecule has 1 heterocycles. The van der Waals surface area contributed by atoms with Crippen LogP contribution in [-0.4, -0.2) is 18.2 Å². The molecule has 1 saturated heterocycles. The minimum Gasteiger partial charge on any atom is -0.312 e. The SMILES string of the molecule is O=C(C=Cc1ccc(F)cc1)c1ccc(N2CCCC2=O)cc1. The standard InChI is InChI=1S/C19H16FNO2/c20-16-8-3-14(4-9-16)5-12-18(22)15-6-10-17(11-7-15)21-13-1-2-19(21)23/h3-12H,1-2,13H2. The van der Waals surface area contributed by atoms with E-state index in [4.69, 9.17) is 0 Å². The number of hydrogen-bond donors (Lipinski definition) is 0.